The molecule has 9 heteroatoms. The van der Waals surface area contributed by atoms with Gasteiger partial charge in [-0.05, 0) is 49.4 Å². The summed E-state index contributed by atoms with van der Waals surface area (Å²) in [7, 11) is 0. The van der Waals surface area contributed by atoms with Gasteiger partial charge in [-0.1, -0.05) is 35.8 Å². The average Bonchev–Trinajstić information content (AvgIpc) is 3.53. The molecule has 34 heavy (non-hydrogen) atoms. The van der Waals surface area contributed by atoms with Gasteiger partial charge in [0.15, 0.2) is 0 Å². The molecule has 0 amide bonds. The van der Waals surface area contributed by atoms with Crippen LogP contribution in [0.15, 0.2) is 65.7 Å². The zero-order valence-corrected chi connectivity index (χ0v) is 18.3. The third-order valence-corrected chi connectivity index (χ3v) is 5.94. The first-order chi connectivity index (χ1) is 16.5. The van der Waals surface area contributed by atoms with Crippen LogP contribution in [0.25, 0.3) is 22.8 Å². The molecule has 0 spiro atoms. The first-order valence-electron chi connectivity index (χ1n) is 11.2. The van der Waals surface area contributed by atoms with Crippen LogP contribution in [0.1, 0.15) is 43.2 Å². The summed E-state index contributed by atoms with van der Waals surface area (Å²) in [6.07, 6.45) is 5.16. The molecule has 1 saturated carbocycles. The van der Waals surface area contributed by atoms with Gasteiger partial charge in [0, 0.05) is 30.1 Å². The summed E-state index contributed by atoms with van der Waals surface area (Å²) in [5.41, 5.74) is 1.13. The summed E-state index contributed by atoms with van der Waals surface area (Å²) in [6, 6.07) is 11.5. The predicted octanol–water partition coefficient (Wildman–Crippen LogP) is 6.38. The highest BCUT2D eigenvalue weighted by atomic mass is 19.4. The predicted molar refractivity (Wildman–Crippen MR) is 119 cm³/mol. The van der Waals surface area contributed by atoms with Crippen LogP contribution in [0.5, 0.6) is 5.75 Å². The topological polar surface area (TPSA) is 66.0 Å². The maximum atomic E-state index is 13.8. The fourth-order valence-electron chi connectivity index (χ4n) is 4.16. The van der Waals surface area contributed by atoms with Crippen LogP contribution in [-0.4, -0.2) is 25.8 Å². The molecule has 0 unspecified atom stereocenters. The molecule has 6 nitrogen and oxygen atoms in total. The van der Waals surface area contributed by atoms with Crippen LogP contribution in [0, 0.1) is 0 Å². The number of alkyl halides is 3. The summed E-state index contributed by atoms with van der Waals surface area (Å²) in [5, 5.41) is 3.96. The van der Waals surface area contributed by atoms with E-state index in [1.54, 1.807) is 12.5 Å². The number of hydrogen-bond acceptors (Lipinski definition) is 5. The van der Waals surface area contributed by atoms with E-state index in [1.807, 2.05) is 35.0 Å². The van der Waals surface area contributed by atoms with E-state index in [2.05, 4.69) is 15.1 Å². The lowest BCUT2D eigenvalue weighted by atomic mass is 9.97. The summed E-state index contributed by atoms with van der Waals surface area (Å²) in [4.78, 5) is 8.35. The van der Waals surface area contributed by atoms with Gasteiger partial charge < -0.3 is 13.8 Å². The minimum absolute atomic E-state index is 0.0206. The van der Waals surface area contributed by atoms with Gasteiger partial charge in [-0.3, -0.25) is 0 Å². The van der Waals surface area contributed by atoms with E-state index in [1.165, 1.54) is 12.1 Å². The van der Waals surface area contributed by atoms with E-state index < -0.39 is 11.7 Å². The Balaban J connectivity index is 1.36. The molecule has 1 aliphatic carbocycles. The lowest BCUT2D eigenvalue weighted by molar-refractivity contribution is -0.139. The van der Waals surface area contributed by atoms with Crippen LogP contribution >= 0.6 is 0 Å². The van der Waals surface area contributed by atoms with E-state index in [9.17, 15) is 13.2 Å². The minimum atomic E-state index is -4.56. The van der Waals surface area contributed by atoms with E-state index in [0.717, 1.165) is 43.7 Å². The fourth-order valence-corrected chi connectivity index (χ4v) is 4.16. The van der Waals surface area contributed by atoms with E-state index in [-0.39, 0.29) is 23.3 Å². The van der Waals surface area contributed by atoms with Crippen molar-refractivity contribution >= 4 is 0 Å². The molecule has 1 aliphatic rings. The third-order valence-electron chi connectivity index (χ3n) is 5.94. The molecule has 5 rings (SSSR count). The number of benzene rings is 2. The molecule has 1 fully saturated rings. The van der Waals surface area contributed by atoms with Crippen molar-refractivity contribution in [3.63, 3.8) is 0 Å². The van der Waals surface area contributed by atoms with Crippen molar-refractivity contribution in [3.8, 4) is 28.6 Å². The van der Waals surface area contributed by atoms with Crippen molar-refractivity contribution in [2.24, 2.45) is 0 Å². The monoisotopic (exact) mass is 468 g/mol. The number of halogens is 3. The molecule has 0 atom stereocenters. The Kier molecular flexibility index (Phi) is 6.08. The summed E-state index contributed by atoms with van der Waals surface area (Å²) in [6.45, 7) is 0.674. The van der Waals surface area contributed by atoms with Crippen molar-refractivity contribution in [3.05, 3.63) is 72.3 Å². The maximum Gasteiger partial charge on any atom is 0.419 e. The first-order valence-corrected chi connectivity index (χ1v) is 11.2. The van der Waals surface area contributed by atoms with E-state index >= 15 is 0 Å². The summed E-state index contributed by atoms with van der Waals surface area (Å²) < 4.78 is 54.3. The fraction of sp³-hybridized carbons (Fsp3) is 0.320. The largest absolute Gasteiger partial charge is 0.490 e. The average molecular weight is 468 g/mol. The number of rotatable bonds is 6. The highest BCUT2D eigenvalue weighted by Gasteiger charge is 2.36. The molecule has 0 saturated heterocycles. The standard InChI is InChI=1S/C25H23F3N4O2/c26-25(27,28)21-14-19(10-11-22(21)33-20-4-2-1-3-5-20)24-30-23(31-34-24)18-8-6-17(7-9-18)15-32-13-12-29-16-32/h6-14,16,20H,1-5,15H2. The van der Waals surface area contributed by atoms with Crippen molar-refractivity contribution in [2.45, 2.75) is 50.9 Å². The van der Waals surface area contributed by atoms with Crippen LogP contribution in [0.3, 0.4) is 0 Å². The van der Waals surface area contributed by atoms with Gasteiger partial charge in [0.05, 0.1) is 18.0 Å². The zero-order chi connectivity index (χ0) is 23.5. The molecule has 0 bridgehead atoms. The van der Waals surface area contributed by atoms with Crippen molar-refractivity contribution < 1.29 is 22.4 Å². The first kappa shape index (κ1) is 22.2. The third kappa shape index (κ3) is 4.98. The number of aromatic nitrogens is 4. The maximum absolute atomic E-state index is 13.8. The van der Waals surface area contributed by atoms with Gasteiger partial charge in [-0.2, -0.15) is 18.2 Å². The Hall–Kier alpha value is -3.62. The molecule has 176 valence electrons. The molecule has 0 radical (unpaired) electrons. The van der Waals surface area contributed by atoms with E-state index in [0.29, 0.717) is 17.9 Å². The van der Waals surface area contributed by atoms with Crippen molar-refractivity contribution in [1.82, 2.24) is 19.7 Å². The lowest BCUT2D eigenvalue weighted by Gasteiger charge is -2.25. The van der Waals surface area contributed by atoms with Gasteiger partial charge in [-0.15, -0.1) is 0 Å². The Morgan fingerprint density at radius 3 is 2.47 bits per heavy atom. The molecule has 2 aromatic carbocycles. The Bertz CT molecular complexity index is 1230. The normalized spacial score (nSPS) is 14.9. The number of imidazole rings is 1. The summed E-state index contributed by atoms with van der Waals surface area (Å²) >= 11 is 0. The molecule has 2 heterocycles. The van der Waals surface area contributed by atoms with Crippen molar-refractivity contribution in [1.29, 1.82) is 0 Å². The molecule has 0 aliphatic heterocycles. The van der Waals surface area contributed by atoms with Gasteiger partial charge in [0.25, 0.3) is 5.89 Å². The zero-order valence-electron chi connectivity index (χ0n) is 18.3. The highest BCUT2D eigenvalue weighted by Crippen LogP contribution is 2.40. The second-order valence-electron chi connectivity index (χ2n) is 8.44. The van der Waals surface area contributed by atoms with Gasteiger partial charge in [0.2, 0.25) is 5.82 Å². The van der Waals surface area contributed by atoms with Crippen LogP contribution < -0.4 is 4.74 Å². The minimum Gasteiger partial charge on any atom is -0.490 e. The Morgan fingerprint density at radius 1 is 1.00 bits per heavy atom. The molecule has 2 aromatic heterocycles. The van der Waals surface area contributed by atoms with Gasteiger partial charge in [0.1, 0.15) is 5.75 Å². The molecule has 4 aromatic rings. The van der Waals surface area contributed by atoms with Gasteiger partial charge >= 0.3 is 6.18 Å². The van der Waals surface area contributed by atoms with Crippen LogP contribution in [0.4, 0.5) is 13.2 Å². The number of nitrogens with zero attached hydrogens (tertiary/aromatic N) is 4. The van der Waals surface area contributed by atoms with Crippen molar-refractivity contribution in [2.75, 3.05) is 0 Å². The van der Waals surface area contributed by atoms with E-state index in [4.69, 9.17) is 9.26 Å². The lowest BCUT2D eigenvalue weighted by Crippen LogP contribution is -2.21. The van der Waals surface area contributed by atoms with Crippen LogP contribution in [-0.2, 0) is 12.7 Å². The second-order valence-corrected chi connectivity index (χ2v) is 8.44. The summed E-state index contributed by atoms with van der Waals surface area (Å²) in [5.74, 6) is 0.170. The SMILES string of the molecule is FC(F)(F)c1cc(-c2nc(-c3ccc(Cn4ccnc4)cc3)no2)ccc1OC1CCCCC1. The highest BCUT2D eigenvalue weighted by molar-refractivity contribution is 5.62. The molecular weight excluding hydrogens is 445 g/mol. The van der Waals surface area contributed by atoms with Crippen LogP contribution in [0.2, 0.25) is 0 Å². The number of hydrogen-bond donors (Lipinski definition) is 0. The number of ether oxygens (including phenoxy) is 1. The van der Waals surface area contributed by atoms with Gasteiger partial charge in [-0.25, -0.2) is 4.98 Å². The quantitative estimate of drug-likeness (QED) is 0.329. The Labute approximate surface area is 194 Å². The second kappa shape index (κ2) is 9.32. The molecule has 0 N–H and O–H groups in total. The molecular formula is C25H23F3N4O2. The smallest absolute Gasteiger partial charge is 0.419 e. The Morgan fingerprint density at radius 2 is 1.76 bits per heavy atom.